The lowest BCUT2D eigenvalue weighted by atomic mass is 10.1. The maximum Gasteiger partial charge on any atom is 0.194 e. The average molecular weight is 560 g/mol. The van der Waals surface area contributed by atoms with E-state index < -0.39 is 0 Å². The zero-order chi connectivity index (χ0) is 19.2. The van der Waals surface area contributed by atoms with Gasteiger partial charge in [0.1, 0.15) is 0 Å². The Morgan fingerprint density at radius 1 is 1.32 bits per heavy atom. The van der Waals surface area contributed by atoms with Gasteiger partial charge in [0.15, 0.2) is 5.96 Å². The Kier molecular flexibility index (Phi) is 9.14. The summed E-state index contributed by atoms with van der Waals surface area (Å²) in [6.45, 7) is 6.89. The van der Waals surface area contributed by atoms with Crippen molar-refractivity contribution >= 4 is 51.6 Å². The molecule has 2 heterocycles. The molecule has 1 aliphatic heterocycles. The number of benzene rings is 1. The number of aromatic nitrogens is 1. The molecule has 0 aliphatic carbocycles. The summed E-state index contributed by atoms with van der Waals surface area (Å²) in [7, 11) is 4.19. The van der Waals surface area contributed by atoms with Gasteiger partial charge in [-0.25, -0.2) is 0 Å². The van der Waals surface area contributed by atoms with Crippen LogP contribution in [-0.2, 0) is 13.6 Å². The predicted molar refractivity (Wildman–Crippen MR) is 133 cm³/mol. The van der Waals surface area contributed by atoms with Gasteiger partial charge in [-0.15, -0.1) is 24.0 Å². The highest BCUT2D eigenvalue weighted by atomic mass is 127. The minimum Gasteiger partial charge on any atom is -0.371 e. The summed E-state index contributed by atoms with van der Waals surface area (Å²) in [4.78, 5) is 9.61. The summed E-state index contributed by atoms with van der Waals surface area (Å²) in [5.41, 5.74) is 2.58. The van der Waals surface area contributed by atoms with Crippen LogP contribution in [0.15, 0.2) is 52.1 Å². The topological polar surface area (TPSA) is 35.8 Å². The minimum absolute atomic E-state index is 0. The maximum absolute atomic E-state index is 4.94. The first kappa shape index (κ1) is 23.1. The average Bonchev–Trinajstić information content (AvgIpc) is 3.28. The number of halogens is 2. The molecule has 0 amide bonds. The Morgan fingerprint density at radius 2 is 2.14 bits per heavy atom. The molecular formula is C21H31BrIN5. The van der Waals surface area contributed by atoms with Gasteiger partial charge in [-0.2, -0.15) is 0 Å². The van der Waals surface area contributed by atoms with E-state index in [2.05, 4.69) is 99.2 Å². The highest BCUT2D eigenvalue weighted by molar-refractivity contribution is 14.0. The third kappa shape index (κ3) is 6.14. The smallest absolute Gasteiger partial charge is 0.194 e. The lowest BCUT2D eigenvalue weighted by Crippen LogP contribution is -2.39. The Balaban J connectivity index is 0.00000280. The monoisotopic (exact) mass is 559 g/mol. The van der Waals surface area contributed by atoms with E-state index >= 15 is 0 Å². The second kappa shape index (κ2) is 11.1. The number of nitrogens with zero attached hydrogens (tertiary/aromatic N) is 4. The lowest BCUT2D eigenvalue weighted by Gasteiger charge is -2.23. The molecular weight excluding hydrogens is 529 g/mol. The van der Waals surface area contributed by atoms with Crippen LogP contribution in [0.25, 0.3) is 0 Å². The zero-order valence-electron chi connectivity index (χ0n) is 16.9. The fourth-order valence-electron chi connectivity index (χ4n) is 3.55. The third-order valence-corrected chi connectivity index (χ3v) is 5.60. The van der Waals surface area contributed by atoms with Crippen molar-refractivity contribution in [2.24, 2.45) is 18.0 Å². The summed E-state index contributed by atoms with van der Waals surface area (Å²) in [6.07, 6.45) is 3.28. The van der Waals surface area contributed by atoms with Crippen molar-refractivity contribution in [2.75, 3.05) is 38.1 Å². The van der Waals surface area contributed by atoms with Gasteiger partial charge in [0, 0.05) is 62.3 Å². The van der Waals surface area contributed by atoms with Gasteiger partial charge in [-0.05, 0) is 49.6 Å². The van der Waals surface area contributed by atoms with E-state index in [1.807, 2.05) is 0 Å². The molecule has 3 rings (SSSR count). The molecule has 2 aromatic rings. The molecule has 154 valence electrons. The van der Waals surface area contributed by atoms with E-state index in [1.165, 1.54) is 17.8 Å². The highest BCUT2D eigenvalue weighted by Crippen LogP contribution is 2.26. The first-order chi connectivity index (χ1) is 13.1. The predicted octanol–water partition coefficient (Wildman–Crippen LogP) is 4.33. The molecule has 1 aromatic heterocycles. The Labute approximate surface area is 194 Å². The molecule has 0 radical (unpaired) electrons. The number of aliphatic imine (C=N–C) groups is 1. The van der Waals surface area contributed by atoms with Gasteiger partial charge in [-0.3, -0.25) is 4.99 Å². The molecule has 7 heteroatoms. The summed E-state index contributed by atoms with van der Waals surface area (Å²) < 4.78 is 3.30. The van der Waals surface area contributed by atoms with Gasteiger partial charge >= 0.3 is 0 Å². The summed E-state index contributed by atoms with van der Waals surface area (Å²) in [6, 6.07) is 12.8. The Morgan fingerprint density at radius 3 is 2.82 bits per heavy atom. The fraction of sp³-hybridized carbons (Fsp3) is 0.476. The number of guanidine groups is 1. The standard InChI is InChI=1S/C21H30BrN5.HI/c1-4-23-21(26(3)16-20-9-6-11-25(20)2)24-14-17-10-12-27(15-17)19-8-5-7-18(22)13-19;/h5-9,11,13,17H,4,10,12,14-16H2,1-3H3,(H,23,24);1H. The van der Waals surface area contributed by atoms with Crippen LogP contribution >= 0.6 is 39.9 Å². The number of rotatable bonds is 6. The van der Waals surface area contributed by atoms with Crippen LogP contribution in [0.2, 0.25) is 0 Å². The molecule has 1 aromatic carbocycles. The van der Waals surface area contributed by atoms with Crippen molar-refractivity contribution in [1.82, 2.24) is 14.8 Å². The summed E-state index contributed by atoms with van der Waals surface area (Å²) in [5.74, 6) is 1.58. The molecule has 0 spiro atoms. The van der Waals surface area contributed by atoms with Crippen LogP contribution in [0, 0.1) is 5.92 Å². The zero-order valence-corrected chi connectivity index (χ0v) is 20.9. The Hall–Kier alpha value is -1.22. The number of aryl methyl sites for hydroxylation is 1. The number of hydrogen-bond donors (Lipinski definition) is 1. The van der Waals surface area contributed by atoms with Crippen molar-refractivity contribution in [3.8, 4) is 0 Å². The second-order valence-electron chi connectivity index (χ2n) is 7.24. The highest BCUT2D eigenvalue weighted by Gasteiger charge is 2.23. The normalized spacial score (nSPS) is 16.8. The van der Waals surface area contributed by atoms with Crippen molar-refractivity contribution in [1.29, 1.82) is 0 Å². The van der Waals surface area contributed by atoms with E-state index in [-0.39, 0.29) is 24.0 Å². The molecule has 1 aliphatic rings. The number of anilines is 1. The van der Waals surface area contributed by atoms with Crippen LogP contribution in [0.3, 0.4) is 0 Å². The van der Waals surface area contributed by atoms with Crippen LogP contribution < -0.4 is 10.2 Å². The van der Waals surface area contributed by atoms with Gasteiger partial charge in [0.05, 0.1) is 6.54 Å². The minimum atomic E-state index is 0. The largest absolute Gasteiger partial charge is 0.371 e. The molecule has 0 bridgehead atoms. The van der Waals surface area contributed by atoms with Crippen molar-refractivity contribution in [3.63, 3.8) is 0 Å². The van der Waals surface area contributed by atoms with Crippen molar-refractivity contribution in [2.45, 2.75) is 19.9 Å². The molecule has 1 atom stereocenters. The van der Waals surface area contributed by atoms with Gasteiger partial charge in [-0.1, -0.05) is 22.0 Å². The molecule has 1 saturated heterocycles. The van der Waals surface area contributed by atoms with Crippen molar-refractivity contribution in [3.05, 3.63) is 52.8 Å². The first-order valence-corrected chi connectivity index (χ1v) is 10.5. The van der Waals surface area contributed by atoms with Crippen LogP contribution in [0.5, 0.6) is 0 Å². The Bertz CT molecular complexity index is 776. The van der Waals surface area contributed by atoms with Gasteiger partial charge in [0.25, 0.3) is 0 Å². The molecule has 1 N–H and O–H groups in total. The van der Waals surface area contributed by atoms with E-state index in [0.717, 1.165) is 43.2 Å². The second-order valence-corrected chi connectivity index (χ2v) is 8.16. The maximum atomic E-state index is 4.94. The molecule has 28 heavy (non-hydrogen) atoms. The van der Waals surface area contributed by atoms with Gasteiger partial charge < -0.3 is 19.7 Å². The van der Waals surface area contributed by atoms with E-state index in [4.69, 9.17) is 4.99 Å². The summed E-state index contributed by atoms with van der Waals surface area (Å²) >= 11 is 3.57. The molecule has 5 nitrogen and oxygen atoms in total. The SMILES string of the molecule is CCNC(=NCC1CCN(c2cccc(Br)c2)C1)N(C)Cc1cccn1C.I. The van der Waals surface area contributed by atoms with E-state index in [0.29, 0.717) is 5.92 Å². The molecule has 1 fully saturated rings. The number of nitrogens with one attached hydrogen (secondary N) is 1. The third-order valence-electron chi connectivity index (χ3n) is 5.11. The quantitative estimate of drug-likeness (QED) is 0.325. The van der Waals surface area contributed by atoms with Gasteiger partial charge in [0.2, 0.25) is 0 Å². The van der Waals surface area contributed by atoms with Crippen LogP contribution in [0.4, 0.5) is 5.69 Å². The molecule has 0 saturated carbocycles. The fourth-order valence-corrected chi connectivity index (χ4v) is 3.94. The summed E-state index contributed by atoms with van der Waals surface area (Å²) in [5, 5.41) is 3.44. The van der Waals surface area contributed by atoms with Crippen molar-refractivity contribution < 1.29 is 0 Å². The van der Waals surface area contributed by atoms with E-state index in [9.17, 15) is 0 Å². The van der Waals surface area contributed by atoms with Crippen LogP contribution in [0.1, 0.15) is 19.0 Å². The van der Waals surface area contributed by atoms with E-state index in [1.54, 1.807) is 0 Å². The lowest BCUT2D eigenvalue weighted by molar-refractivity contribution is 0.458. The molecule has 1 unspecified atom stereocenters. The number of hydrogen-bond acceptors (Lipinski definition) is 2. The first-order valence-electron chi connectivity index (χ1n) is 9.67. The van der Waals surface area contributed by atoms with Crippen LogP contribution in [-0.4, -0.2) is 48.7 Å².